The van der Waals surface area contributed by atoms with Crippen LogP contribution < -0.4 is 0 Å². The average Bonchev–Trinajstić information content (AvgIpc) is 2.14. The van der Waals surface area contributed by atoms with Gasteiger partial charge in [0.25, 0.3) is 0 Å². The molecule has 0 aliphatic carbocycles. The summed E-state index contributed by atoms with van der Waals surface area (Å²) >= 11 is 0. The number of rotatable bonds is 3. The molecule has 2 unspecified atom stereocenters. The van der Waals surface area contributed by atoms with Crippen LogP contribution in [0.4, 0.5) is 0 Å². The smallest absolute Gasteiger partial charge is 0.186 e. The zero-order chi connectivity index (χ0) is 13.2. The van der Waals surface area contributed by atoms with Crippen LogP contribution >= 0.6 is 9.47 Å². The Hall–Kier alpha value is 0.270. The third-order valence-electron chi connectivity index (χ3n) is 2.88. The first-order chi connectivity index (χ1) is 7.74. The van der Waals surface area contributed by atoms with Crippen LogP contribution in [0.2, 0.25) is 0 Å². The largest absolute Gasteiger partial charge is 0.356 e. The highest BCUT2D eigenvalue weighted by Crippen LogP contribution is 2.29. The van der Waals surface area contributed by atoms with Crippen molar-refractivity contribution in [2.24, 2.45) is 0 Å². The molecule has 1 aliphatic rings. The van der Waals surface area contributed by atoms with E-state index in [0.717, 1.165) is 6.42 Å². The van der Waals surface area contributed by atoms with Gasteiger partial charge in [-0.15, -0.1) is 0 Å². The molecule has 1 rings (SSSR count). The molecule has 0 saturated carbocycles. The molecule has 0 bridgehead atoms. The van der Waals surface area contributed by atoms with Gasteiger partial charge in [-0.05, 0) is 48.2 Å². The van der Waals surface area contributed by atoms with Crippen molar-refractivity contribution >= 4 is 9.47 Å². The lowest BCUT2D eigenvalue weighted by Crippen LogP contribution is -2.55. The SMILES string of the molecule is C[C@@H]1C[C@H](N(C)C)[C@@H](OP)C(OC(C)(C)C)O1. The van der Waals surface area contributed by atoms with E-state index in [4.69, 9.17) is 14.0 Å². The molecular weight excluding hydrogens is 237 g/mol. The van der Waals surface area contributed by atoms with Crippen LogP contribution in [0.1, 0.15) is 34.1 Å². The molecule has 0 radical (unpaired) electrons. The standard InChI is InChI=1S/C12H26NO3P/c1-8-7-9(13(5)6)10(16-17)11(14-8)15-12(2,3)4/h8-11H,7,17H2,1-6H3/t8-,9+,10-,11?/m1/s1. The minimum Gasteiger partial charge on any atom is -0.356 e. The van der Waals surface area contributed by atoms with Gasteiger partial charge in [0.2, 0.25) is 0 Å². The maximum absolute atomic E-state index is 5.95. The molecule has 0 spiro atoms. The summed E-state index contributed by atoms with van der Waals surface area (Å²) in [6.45, 7) is 8.16. The van der Waals surface area contributed by atoms with Crippen molar-refractivity contribution in [1.29, 1.82) is 0 Å². The molecule has 1 heterocycles. The minimum absolute atomic E-state index is 0.0783. The van der Waals surface area contributed by atoms with Crippen molar-refractivity contribution < 1.29 is 14.0 Å². The fourth-order valence-electron chi connectivity index (χ4n) is 2.12. The molecule has 102 valence electrons. The highest BCUT2D eigenvalue weighted by molar-refractivity contribution is 7.09. The number of hydrogen-bond acceptors (Lipinski definition) is 4. The van der Waals surface area contributed by atoms with Gasteiger partial charge in [-0.3, -0.25) is 0 Å². The average molecular weight is 263 g/mol. The number of ether oxygens (including phenoxy) is 2. The van der Waals surface area contributed by atoms with E-state index in [0.29, 0.717) is 6.04 Å². The summed E-state index contributed by atoms with van der Waals surface area (Å²) in [5.74, 6) is 0. The van der Waals surface area contributed by atoms with E-state index < -0.39 is 0 Å². The third kappa shape index (κ3) is 4.46. The number of hydrogen-bond donors (Lipinski definition) is 0. The zero-order valence-electron chi connectivity index (χ0n) is 11.8. The zero-order valence-corrected chi connectivity index (χ0v) is 12.9. The molecule has 4 nitrogen and oxygen atoms in total. The second kappa shape index (κ2) is 5.94. The van der Waals surface area contributed by atoms with Crippen molar-refractivity contribution in [3.8, 4) is 0 Å². The predicted octanol–water partition coefficient (Wildman–Crippen LogP) is 2.04. The first-order valence-corrected chi connectivity index (χ1v) is 6.57. The molecule has 0 aromatic carbocycles. The van der Waals surface area contributed by atoms with Gasteiger partial charge in [0.15, 0.2) is 6.29 Å². The first-order valence-electron chi connectivity index (χ1n) is 6.10. The third-order valence-corrected chi connectivity index (χ3v) is 3.19. The maximum atomic E-state index is 5.95. The molecular formula is C12H26NO3P. The van der Waals surface area contributed by atoms with E-state index in [9.17, 15) is 0 Å². The van der Waals surface area contributed by atoms with Gasteiger partial charge >= 0.3 is 0 Å². The first kappa shape index (κ1) is 15.3. The molecule has 1 fully saturated rings. The molecule has 5 atom stereocenters. The lowest BCUT2D eigenvalue weighted by molar-refractivity contribution is -0.274. The summed E-state index contributed by atoms with van der Waals surface area (Å²) in [7, 11) is 6.46. The van der Waals surface area contributed by atoms with Crippen molar-refractivity contribution in [3.63, 3.8) is 0 Å². The summed E-state index contributed by atoms with van der Waals surface area (Å²) in [4.78, 5) is 2.17. The topological polar surface area (TPSA) is 30.9 Å². The van der Waals surface area contributed by atoms with Crippen LogP contribution in [0, 0.1) is 0 Å². The number of likely N-dealkylation sites (N-methyl/N-ethyl adjacent to an activating group) is 1. The molecule has 1 aliphatic heterocycles. The fraction of sp³-hybridized carbons (Fsp3) is 1.00. The summed E-state index contributed by atoms with van der Waals surface area (Å²) in [5, 5.41) is 0. The highest BCUT2D eigenvalue weighted by atomic mass is 31.0. The van der Waals surface area contributed by atoms with E-state index in [-0.39, 0.29) is 24.1 Å². The molecule has 0 aromatic rings. The van der Waals surface area contributed by atoms with Gasteiger partial charge < -0.3 is 18.9 Å². The van der Waals surface area contributed by atoms with Crippen molar-refractivity contribution in [2.45, 2.75) is 64.3 Å². The molecule has 0 amide bonds. The Balaban J connectivity index is 2.79. The van der Waals surface area contributed by atoms with Crippen LogP contribution in [-0.4, -0.2) is 49.1 Å². The molecule has 0 aromatic heterocycles. The Bertz CT molecular complexity index is 242. The van der Waals surface area contributed by atoms with Gasteiger partial charge in [0, 0.05) is 15.5 Å². The number of nitrogens with zero attached hydrogens (tertiary/aromatic N) is 1. The van der Waals surface area contributed by atoms with Gasteiger partial charge in [0.05, 0.1) is 11.7 Å². The Morgan fingerprint density at radius 1 is 1.29 bits per heavy atom. The lowest BCUT2D eigenvalue weighted by atomic mass is 9.99. The highest BCUT2D eigenvalue weighted by Gasteiger charge is 2.41. The van der Waals surface area contributed by atoms with Gasteiger partial charge in [-0.2, -0.15) is 0 Å². The summed E-state index contributed by atoms with van der Waals surface area (Å²) < 4.78 is 17.3. The Kier molecular flexibility index (Phi) is 5.36. The maximum Gasteiger partial charge on any atom is 0.186 e. The van der Waals surface area contributed by atoms with E-state index in [1.807, 2.05) is 20.8 Å². The Labute approximate surface area is 107 Å². The van der Waals surface area contributed by atoms with Crippen LogP contribution in [-0.2, 0) is 14.0 Å². The predicted molar refractivity (Wildman–Crippen MR) is 71.8 cm³/mol. The van der Waals surface area contributed by atoms with Crippen molar-refractivity contribution in [1.82, 2.24) is 4.90 Å². The van der Waals surface area contributed by atoms with E-state index in [1.54, 1.807) is 0 Å². The summed E-state index contributed by atoms with van der Waals surface area (Å²) in [6.07, 6.45) is 0.746. The van der Waals surface area contributed by atoms with Gasteiger partial charge in [-0.25, -0.2) is 0 Å². The Morgan fingerprint density at radius 3 is 2.29 bits per heavy atom. The van der Waals surface area contributed by atoms with Crippen molar-refractivity contribution in [2.75, 3.05) is 14.1 Å². The van der Waals surface area contributed by atoms with E-state index in [2.05, 4.69) is 35.4 Å². The fourth-order valence-corrected chi connectivity index (χ4v) is 2.43. The van der Waals surface area contributed by atoms with Crippen molar-refractivity contribution in [3.05, 3.63) is 0 Å². The van der Waals surface area contributed by atoms with Crippen LogP contribution in [0.5, 0.6) is 0 Å². The quantitative estimate of drug-likeness (QED) is 0.729. The monoisotopic (exact) mass is 263 g/mol. The van der Waals surface area contributed by atoms with Gasteiger partial charge in [0.1, 0.15) is 6.10 Å². The normalized spacial score (nSPS) is 35.3. The second-order valence-electron chi connectivity index (χ2n) is 5.91. The van der Waals surface area contributed by atoms with Crippen LogP contribution in [0.25, 0.3) is 0 Å². The van der Waals surface area contributed by atoms with E-state index >= 15 is 0 Å². The Morgan fingerprint density at radius 2 is 1.88 bits per heavy atom. The lowest BCUT2D eigenvalue weighted by Gasteiger charge is -2.44. The van der Waals surface area contributed by atoms with Crippen LogP contribution in [0.3, 0.4) is 0 Å². The minimum atomic E-state index is -0.316. The molecule has 17 heavy (non-hydrogen) atoms. The summed E-state index contributed by atoms with van der Waals surface area (Å²) in [6, 6.07) is 0.309. The summed E-state index contributed by atoms with van der Waals surface area (Å²) in [5.41, 5.74) is -0.236. The van der Waals surface area contributed by atoms with E-state index in [1.165, 1.54) is 0 Å². The molecule has 1 saturated heterocycles. The molecule has 5 heteroatoms. The second-order valence-corrected chi connectivity index (χ2v) is 6.18. The van der Waals surface area contributed by atoms with Gasteiger partial charge in [-0.1, -0.05) is 0 Å². The van der Waals surface area contributed by atoms with Crippen LogP contribution in [0.15, 0.2) is 0 Å². The molecule has 0 N–H and O–H groups in total.